The molecule has 0 amide bonds. The summed E-state index contributed by atoms with van der Waals surface area (Å²) in [6.07, 6.45) is 35.2. The van der Waals surface area contributed by atoms with Crippen LogP contribution in [-0.2, 0) is 23.7 Å². The number of rotatable bonds is 40. The summed E-state index contributed by atoms with van der Waals surface area (Å²) < 4.78 is 22.8. The zero-order valence-corrected chi connectivity index (χ0v) is 35.7. The summed E-state index contributed by atoms with van der Waals surface area (Å²) >= 11 is 0. The predicted octanol–water partition coefficient (Wildman–Crippen LogP) is 10.4. The number of aliphatic hydroxyl groups is 4. The van der Waals surface area contributed by atoms with Crippen molar-refractivity contribution in [1.29, 1.82) is 0 Å². The van der Waals surface area contributed by atoms with Gasteiger partial charge in [0.05, 0.1) is 19.8 Å². The van der Waals surface area contributed by atoms with Crippen molar-refractivity contribution in [1.82, 2.24) is 0 Å². The molecular weight excluding hydrogens is 696 g/mol. The highest BCUT2D eigenvalue weighted by molar-refractivity contribution is 5.69. The second kappa shape index (κ2) is 38.4. The maximum atomic E-state index is 12.8. The Labute approximate surface area is 337 Å². The SMILES string of the molecule is CCCCCCCCC/C=C\CCCCCCCCOCC(COC1OC(CO)C(O)C(O)C1O)OC(=O)CCCCCCCCCCCCCCCCC. The van der Waals surface area contributed by atoms with Crippen molar-refractivity contribution < 1.29 is 44.2 Å². The number of allylic oxidation sites excluding steroid dienone is 2. The molecule has 1 aliphatic heterocycles. The maximum absolute atomic E-state index is 12.8. The van der Waals surface area contributed by atoms with Gasteiger partial charge in [0.15, 0.2) is 6.29 Å². The number of esters is 1. The summed E-state index contributed by atoms with van der Waals surface area (Å²) in [5, 5.41) is 40.1. The van der Waals surface area contributed by atoms with Gasteiger partial charge in [-0.1, -0.05) is 180 Å². The van der Waals surface area contributed by atoms with Gasteiger partial charge in [-0.15, -0.1) is 0 Å². The van der Waals surface area contributed by atoms with Crippen molar-refractivity contribution in [2.24, 2.45) is 0 Å². The first-order valence-corrected chi connectivity index (χ1v) is 23.3. The Hall–Kier alpha value is -1.07. The highest BCUT2D eigenvalue weighted by Crippen LogP contribution is 2.23. The molecule has 0 aromatic rings. The molecule has 9 nitrogen and oxygen atoms in total. The van der Waals surface area contributed by atoms with Gasteiger partial charge in [0.1, 0.15) is 30.5 Å². The lowest BCUT2D eigenvalue weighted by Gasteiger charge is -2.39. The molecule has 1 fully saturated rings. The fourth-order valence-electron chi connectivity index (χ4n) is 7.25. The van der Waals surface area contributed by atoms with Crippen LogP contribution in [0.3, 0.4) is 0 Å². The van der Waals surface area contributed by atoms with E-state index in [4.69, 9.17) is 18.9 Å². The van der Waals surface area contributed by atoms with Crippen LogP contribution >= 0.6 is 0 Å². The van der Waals surface area contributed by atoms with Crippen LogP contribution in [0.1, 0.15) is 213 Å². The summed E-state index contributed by atoms with van der Waals surface area (Å²) in [6.45, 7) is 4.58. The molecule has 0 spiro atoms. The smallest absolute Gasteiger partial charge is 0.306 e. The molecule has 1 aliphatic rings. The number of hydrogen-bond acceptors (Lipinski definition) is 9. The molecular formula is C46H88O9. The van der Waals surface area contributed by atoms with Crippen LogP contribution in [0.2, 0.25) is 0 Å². The molecule has 0 aromatic heterocycles. The maximum Gasteiger partial charge on any atom is 0.306 e. The van der Waals surface area contributed by atoms with Crippen LogP contribution in [0, 0.1) is 0 Å². The Bertz CT molecular complexity index is 853. The fraction of sp³-hybridized carbons (Fsp3) is 0.935. The molecule has 0 saturated carbocycles. The van der Waals surface area contributed by atoms with Crippen LogP contribution in [0.5, 0.6) is 0 Å². The van der Waals surface area contributed by atoms with Crippen LogP contribution in [0.4, 0.5) is 0 Å². The van der Waals surface area contributed by atoms with E-state index in [1.807, 2.05) is 0 Å². The molecule has 0 aromatic carbocycles. The fourth-order valence-corrected chi connectivity index (χ4v) is 7.25. The Balaban J connectivity index is 2.24. The van der Waals surface area contributed by atoms with E-state index in [0.717, 1.165) is 32.1 Å². The lowest BCUT2D eigenvalue weighted by atomic mass is 9.99. The molecule has 1 saturated heterocycles. The first-order chi connectivity index (χ1) is 26.9. The minimum absolute atomic E-state index is 0.110. The minimum Gasteiger partial charge on any atom is -0.457 e. The first kappa shape index (κ1) is 51.9. The van der Waals surface area contributed by atoms with Crippen LogP contribution in [0.25, 0.3) is 0 Å². The second-order valence-corrected chi connectivity index (χ2v) is 16.2. The third-order valence-corrected chi connectivity index (χ3v) is 10.9. The number of hydrogen-bond donors (Lipinski definition) is 4. The van der Waals surface area contributed by atoms with Crippen LogP contribution in [0.15, 0.2) is 12.2 Å². The highest BCUT2D eigenvalue weighted by Gasteiger charge is 2.44. The average Bonchev–Trinajstić information content (AvgIpc) is 3.18. The molecule has 9 heteroatoms. The van der Waals surface area contributed by atoms with Gasteiger partial charge < -0.3 is 39.4 Å². The molecule has 0 bridgehead atoms. The van der Waals surface area contributed by atoms with Gasteiger partial charge in [-0.2, -0.15) is 0 Å². The van der Waals surface area contributed by atoms with E-state index in [9.17, 15) is 25.2 Å². The molecule has 55 heavy (non-hydrogen) atoms. The Morgan fingerprint density at radius 1 is 0.564 bits per heavy atom. The number of carbonyl (C=O) groups excluding carboxylic acids is 1. The third-order valence-electron chi connectivity index (χ3n) is 10.9. The lowest BCUT2D eigenvalue weighted by Crippen LogP contribution is -2.59. The number of ether oxygens (including phenoxy) is 4. The zero-order valence-electron chi connectivity index (χ0n) is 35.7. The molecule has 0 aliphatic carbocycles. The lowest BCUT2D eigenvalue weighted by molar-refractivity contribution is -0.305. The Morgan fingerprint density at radius 2 is 1.00 bits per heavy atom. The van der Waals surface area contributed by atoms with E-state index >= 15 is 0 Å². The monoisotopic (exact) mass is 785 g/mol. The standard InChI is InChI=1S/C46H88O9/c1-3-5-7-9-11-13-15-17-19-20-22-24-26-28-30-32-34-36-52-38-40(39-53-46-45(51)44(50)43(49)41(37-47)55-46)54-42(48)35-33-31-29-27-25-23-21-18-16-14-12-10-8-6-4-2/h19-20,40-41,43-47,49-51H,3-18,21-39H2,1-2H3/b20-19-. The number of aliphatic hydroxyl groups excluding tert-OH is 4. The zero-order chi connectivity index (χ0) is 40.0. The number of carbonyl (C=O) groups is 1. The Morgan fingerprint density at radius 3 is 1.47 bits per heavy atom. The molecule has 4 N–H and O–H groups in total. The Kier molecular flexibility index (Phi) is 36.3. The van der Waals surface area contributed by atoms with Crippen molar-refractivity contribution >= 4 is 5.97 Å². The van der Waals surface area contributed by atoms with E-state index in [0.29, 0.717) is 13.0 Å². The van der Waals surface area contributed by atoms with Crippen molar-refractivity contribution in [3.63, 3.8) is 0 Å². The van der Waals surface area contributed by atoms with Crippen molar-refractivity contribution in [3.05, 3.63) is 12.2 Å². The molecule has 0 radical (unpaired) electrons. The third kappa shape index (κ3) is 29.8. The van der Waals surface area contributed by atoms with E-state index < -0.39 is 43.4 Å². The minimum atomic E-state index is -1.53. The molecule has 1 heterocycles. The van der Waals surface area contributed by atoms with Gasteiger partial charge in [-0.05, 0) is 38.5 Å². The summed E-state index contributed by atoms with van der Waals surface area (Å²) in [7, 11) is 0. The topological polar surface area (TPSA) is 135 Å². The molecule has 6 unspecified atom stereocenters. The summed E-state index contributed by atoms with van der Waals surface area (Å²) in [4.78, 5) is 12.8. The summed E-state index contributed by atoms with van der Waals surface area (Å²) in [6, 6.07) is 0. The van der Waals surface area contributed by atoms with Gasteiger partial charge in [-0.25, -0.2) is 0 Å². The van der Waals surface area contributed by atoms with Gasteiger partial charge in [0, 0.05) is 13.0 Å². The van der Waals surface area contributed by atoms with E-state index in [1.165, 1.54) is 161 Å². The van der Waals surface area contributed by atoms with Gasteiger partial charge in [0.25, 0.3) is 0 Å². The van der Waals surface area contributed by atoms with E-state index in [1.54, 1.807) is 0 Å². The quantitative estimate of drug-likeness (QED) is 0.0272. The van der Waals surface area contributed by atoms with Crippen molar-refractivity contribution in [2.75, 3.05) is 26.4 Å². The van der Waals surface area contributed by atoms with Gasteiger partial charge >= 0.3 is 5.97 Å². The van der Waals surface area contributed by atoms with Crippen LogP contribution in [-0.4, -0.2) is 89.6 Å². The van der Waals surface area contributed by atoms with Crippen molar-refractivity contribution in [2.45, 2.75) is 250 Å². The molecule has 326 valence electrons. The average molecular weight is 785 g/mol. The largest absolute Gasteiger partial charge is 0.457 e. The summed E-state index contributed by atoms with van der Waals surface area (Å²) in [5.41, 5.74) is 0. The number of unbranched alkanes of at least 4 members (excludes halogenated alkanes) is 27. The second-order valence-electron chi connectivity index (χ2n) is 16.2. The molecule has 1 rings (SSSR count). The normalized spacial score (nSPS) is 20.7. The summed E-state index contributed by atoms with van der Waals surface area (Å²) in [5.74, 6) is -0.312. The van der Waals surface area contributed by atoms with Crippen molar-refractivity contribution in [3.8, 4) is 0 Å². The van der Waals surface area contributed by atoms with E-state index in [2.05, 4.69) is 26.0 Å². The van der Waals surface area contributed by atoms with Crippen LogP contribution < -0.4 is 0 Å². The first-order valence-electron chi connectivity index (χ1n) is 23.3. The highest BCUT2D eigenvalue weighted by atomic mass is 16.7. The van der Waals surface area contributed by atoms with Gasteiger partial charge in [-0.3, -0.25) is 4.79 Å². The predicted molar refractivity (Wildman–Crippen MR) is 224 cm³/mol. The molecule has 6 atom stereocenters. The van der Waals surface area contributed by atoms with Gasteiger partial charge in [0.2, 0.25) is 0 Å². The van der Waals surface area contributed by atoms with E-state index in [-0.39, 0.29) is 19.2 Å².